The van der Waals surface area contributed by atoms with E-state index in [0.717, 1.165) is 22.7 Å². The van der Waals surface area contributed by atoms with Crippen molar-refractivity contribution in [1.82, 2.24) is 9.72 Å². The third kappa shape index (κ3) is 1.48. The molecule has 0 aliphatic rings. The topological polar surface area (TPSA) is 68.3 Å². The van der Waals surface area contributed by atoms with Gasteiger partial charge in [-0.1, -0.05) is 11.2 Å². The van der Waals surface area contributed by atoms with Gasteiger partial charge in [0.15, 0.2) is 0 Å². The standard InChI is InChI=1S/C13H10N2O3/c1-15-5-4-8-6-9(2-3-11(8)15)12-10(13(16)17)7-18-14-12/h2-7H,1H3,(H,16,17). The molecule has 2 aromatic heterocycles. The van der Waals surface area contributed by atoms with E-state index in [-0.39, 0.29) is 5.56 Å². The van der Waals surface area contributed by atoms with E-state index in [9.17, 15) is 4.79 Å². The molecule has 0 amide bonds. The highest BCUT2D eigenvalue weighted by atomic mass is 16.5. The molecule has 5 heteroatoms. The maximum Gasteiger partial charge on any atom is 0.341 e. The SMILES string of the molecule is Cn1ccc2cc(-c3nocc3C(=O)O)ccc21. The van der Waals surface area contributed by atoms with Gasteiger partial charge in [0.05, 0.1) is 0 Å². The molecule has 0 saturated carbocycles. The van der Waals surface area contributed by atoms with Crippen molar-refractivity contribution < 1.29 is 14.4 Å². The van der Waals surface area contributed by atoms with Crippen molar-refractivity contribution in [2.45, 2.75) is 0 Å². The Hall–Kier alpha value is -2.56. The molecule has 90 valence electrons. The van der Waals surface area contributed by atoms with Crippen molar-refractivity contribution in [2.75, 3.05) is 0 Å². The first-order chi connectivity index (χ1) is 8.66. The summed E-state index contributed by atoms with van der Waals surface area (Å²) < 4.78 is 6.74. The molecule has 5 nitrogen and oxygen atoms in total. The summed E-state index contributed by atoms with van der Waals surface area (Å²) in [6, 6.07) is 7.65. The molecule has 0 radical (unpaired) electrons. The quantitative estimate of drug-likeness (QED) is 0.749. The fraction of sp³-hybridized carbons (Fsp3) is 0.0769. The molecule has 0 aliphatic heterocycles. The molecule has 2 heterocycles. The highest BCUT2D eigenvalue weighted by Crippen LogP contribution is 2.26. The van der Waals surface area contributed by atoms with Gasteiger partial charge in [0.25, 0.3) is 0 Å². The van der Waals surface area contributed by atoms with Crippen LogP contribution in [-0.2, 0) is 7.05 Å². The molecule has 18 heavy (non-hydrogen) atoms. The summed E-state index contributed by atoms with van der Waals surface area (Å²) in [5, 5.41) is 13.8. The van der Waals surface area contributed by atoms with E-state index in [1.165, 1.54) is 0 Å². The number of fused-ring (bicyclic) bond motifs is 1. The summed E-state index contributed by atoms with van der Waals surface area (Å²) in [6.07, 6.45) is 3.10. The second kappa shape index (κ2) is 3.73. The summed E-state index contributed by atoms with van der Waals surface area (Å²) in [4.78, 5) is 11.0. The number of nitrogens with zero attached hydrogens (tertiary/aromatic N) is 2. The van der Waals surface area contributed by atoms with Crippen LogP contribution in [0.15, 0.2) is 41.2 Å². The third-order valence-corrected chi connectivity index (χ3v) is 2.96. The van der Waals surface area contributed by atoms with E-state index in [0.29, 0.717) is 5.69 Å². The largest absolute Gasteiger partial charge is 0.477 e. The van der Waals surface area contributed by atoms with Crippen LogP contribution < -0.4 is 0 Å². The molecule has 3 aromatic rings. The molecular weight excluding hydrogens is 232 g/mol. The van der Waals surface area contributed by atoms with Crippen molar-refractivity contribution in [1.29, 1.82) is 0 Å². The van der Waals surface area contributed by atoms with E-state index < -0.39 is 5.97 Å². The Kier molecular flexibility index (Phi) is 2.19. The number of benzene rings is 1. The zero-order valence-corrected chi connectivity index (χ0v) is 9.62. The Morgan fingerprint density at radius 2 is 2.22 bits per heavy atom. The van der Waals surface area contributed by atoms with Crippen molar-refractivity contribution >= 4 is 16.9 Å². The molecule has 0 atom stereocenters. The van der Waals surface area contributed by atoms with Gasteiger partial charge in [-0.15, -0.1) is 0 Å². The van der Waals surface area contributed by atoms with Gasteiger partial charge < -0.3 is 14.2 Å². The van der Waals surface area contributed by atoms with Gasteiger partial charge in [-0.25, -0.2) is 4.79 Å². The highest BCUT2D eigenvalue weighted by molar-refractivity contribution is 5.95. The smallest absolute Gasteiger partial charge is 0.341 e. The maximum atomic E-state index is 11.0. The highest BCUT2D eigenvalue weighted by Gasteiger charge is 2.16. The summed E-state index contributed by atoms with van der Waals surface area (Å²) in [5.41, 5.74) is 2.25. The van der Waals surface area contributed by atoms with Gasteiger partial charge in [0, 0.05) is 29.7 Å². The number of aromatic nitrogens is 2. The monoisotopic (exact) mass is 242 g/mol. The van der Waals surface area contributed by atoms with Crippen LogP contribution in [0, 0.1) is 0 Å². The molecule has 1 aromatic carbocycles. The molecular formula is C13H10N2O3. The maximum absolute atomic E-state index is 11.0. The minimum absolute atomic E-state index is 0.0743. The van der Waals surface area contributed by atoms with Gasteiger partial charge in [-0.2, -0.15) is 0 Å². The number of aromatic carboxylic acids is 1. The zero-order chi connectivity index (χ0) is 12.7. The number of carbonyl (C=O) groups is 1. The summed E-state index contributed by atoms with van der Waals surface area (Å²) in [7, 11) is 1.96. The fourth-order valence-corrected chi connectivity index (χ4v) is 2.03. The van der Waals surface area contributed by atoms with Gasteiger partial charge >= 0.3 is 5.97 Å². The van der Waals surface area contributed by atoms with Crippen molar-refractivity contribution in [2.24, 2.45) is 7.05 Å². The van der Waals surface area contributed by atoms with Crippen LogP contribution in [0.3, 0.4) is 0 Å². The minimum Gasteiger partial charge on any atom is -0.477 e. The Morgan fingerprint density at radius 1 is 1.39 bits per heavy atom. The fourth-order valence-electron chi connectivity index (χ4n) is 2.03. The van der Waals surface area contributed by atoms with Crippen LogP contribution >= 0.6 is 0 Å². The predicted octanol–water partition coefficient (Wildman–Crippen LogP) is 2.53. The lowest BCUT2D eigenvalue weighted by Crippen LogP contribution is -1.96. The van der Waals surface area contributed by atoms with E-state index in [1.54, 1.807) is 0 Å². The molecule has 0 bridgehead atoms. The van der Waals surface area contributed by atoms with E-state index >= 15 is 0 Å². The zero-order valence-electron chi connectivity index (χ0n) is 9.62. The molecule has 0 fully saturated rings. The first-order valence-electron chi connectivity index (χ1n) is 5.40. The van der Waals surface area contributed by atoms with Crippen molar-refractivity contribution in [3.05, 3.63) is 42.3 Å². The normalized spacial score (nSPS) is 10.9. The summed E-state index contributed by atoms with van der Waals surface area (Å²) in [5.74, 6) is -1.04. The van der Waals surface area contributed by atoms with Crippen LogP contribution in [0.2, 0.25) is 0 Å². The number of hydrogen-bond donors (Lipinski definition) is 1. The number of carboxylic acid groups (broad SMARTS) is 1. The van der Waals surface area contributed by atoms with Crippen molar-refractivity contribution in [3.8, 4) is 11.3 Å². The number of hydrogen-bond acceptors (Lipinski definition) is 3. The Labute approximate surface area is 102 Å². The van der Waals surface area contributed by atoms with E-state index in [4.69, 9.17) is 9.63 Å². The predicted molar refractivity (Wildman–Crippen MR) is 65.4 cm³/mol. The molecule has 3 rings (SSSR count). The van der Waals surface area contributed by atoms with Crippen molar-refractivity contribution in [3.63, 3.8) is 0 Å². The molecule has 0 saturated heterocycles. The first-order valence-corrected chi connectivity index (χ1v) is 5.40. The molecule has 0 aliphatic carbocycles. The summed E-state index contributed by atoms with van der Waals surface area (Å²) >= 11 is 0. The lowest BCUT2D eigenvalue weighted by molar-refractivity contribution is 0.0697. The lowest BCUT2D eigenvalue weighted by Gasteiger charge is -2.00. The van der Waals surface area contributed by atoms with Crippen LogP contribution in [-0.4, -0.2) is 20.8 Å². The number of aryl methyl sites for hydroxylation is 1. The van der Waals surface area contributed by atoms with Gasteiger partial charge in [-0.3, -0.25) is 0 Å². The van der Waals surface area contributed by atoms with Gasteiger partial charge in [0.2, 0.25) is 0 Å². The Morgan fingerprint density at radius 3 is 3.00 bits per heavy atom. The average Bonchev–Trinajstić information content (AvgIpc) is 2.96. The summed E-state index contributed by atoms with van der Waals surface area (Å²) in [6.45, 7) is 0. The first kappa shape index (κ1) is 10.6. The van der Waals surface area contributed by atoms with Crippen LogP contribution in [0.5, 0.6) is 0 Å². The lowest BCUT2D eigenvalue weighted by atomic mass is 10.1. The molecule has 1 N–H and O–H groups in total. The second-order valence-corrected chi connectivity index (χ2v) is 4.08. The minimum atomic E-state index is -1.04. The molecule has 0 unspecified atom stereocenters. The van der Waals surface area contributed by atoms with Gasteiger partial charge in [-0.05, 0) is 18.2 Å². The van der Waals surface area contributed by atoms with Crippen LogP contribution in [0.4, 0.5) is 0 Å². The van der Waals surface area contributed by atoms with E-state index in [2.05, 4.69) is 5.16 Å². The van der Waals surface area contributed by atoms with Crippen LogP contribution in [0.25, 0.3) is 22.2 Å². The number of rotatable bonds is 2. The van der Waals surface area contributed by atoms with E-state index in [1.807, 2.05) is 42.1 Å². The molecule has 0 spiro atoms. The van der Waals surface area contributed by atoms with Gasteiger partial charge in [0.1, 0.15) is 17.5 Å². The van der Waals surface area contributed by atoms with Crippen LogP contribution in [0.1, 0.15) is 10.4 Å². The third-order valence-electron chi connectivity index (χ3n) is 2.96. The average molecular weight is 242 g/mol. The Bertz CT molecular complexity index is 740. The Balaban J connectivity index is 2.19. The second-order valence-electron chi connectivity index (χ2n) is 4.08. The number of carboxylic acids is 1.